The molecule has 1 aliphatic heterocycles. The SMILES string of the molecule is CCCC1(C(=O)NCc2ccoc2)CCNC1. The lowest BCUT2D eigenvalue weighted by Gasteiger charge is -2.26. The number of carbonyl (C=O) groups excluding carboxylic acids is 1. The molecule has 1 aromatic heterocycles. The van der Waals surface area contributed by atoms with E-state index in [0.717, 1.165) is 37.9 Å². The van der Waals surface area contributed by atoms with Gasteiger partial charge in [-0.15, -0.1) is 0 Å². The van der Waals surface area contributed by atoms with E-state index in [0.29, 0.717) is 6.54 Å². The van der Waals surface area contributed by atoms with E-state index in [9.17, 15) is 4.79 Å². The fraction of sp³-hybridized carbons (Fsp3) is 0.615. The summed E-state index contributed by atoms with van der Waals surface area (Å²) in [6, 6.07) is 1.87. The van der Waals surface area contributed by atoms with Crippen molar-refractivity contribution >= 4 is 5.91 Å². The fourth-order valence-corrected chi connectivity index (χ4v) is 2.51. The van der Waals surface area contributed by atoms with Gasteiger partial charge in [-0.05, 0) is 25.5 Å². The number of hydrogen-bond acceptors (Lipinski definition) is 3. The van der Waals surface area contributed by atoms with Crippen LogP contribution in [-0.2, 0) is 11.3 Å². The van der Waals surface area contributed by atoms with Crippen LogP contribution < -0.4 is 10.6 Å². The predicted molar refractivity (Wildman–Crippen MR) is 65.4 cm³/mol. The van der Waals surface area contributed by atoms with Crippen molar-refractivity contribution in [3.63, 3.8) is 0 Å². The van der Waals surface area contributed by atoms with E-state index in [1.54, 1.807) is 12.5 Å². The lowest BCUT2D eigenvalue weighted by atomic mass is 9.81. The Hall–Kier alpha value is -1.29. The van der Waals surface area contributed by atoms with E-state index in [-0.39, 0.29) is 11.3 Å². The molecule has 0 spiro atoms. The molecule has 1 aliphatic rings. The smallest absolute Gasteiger partial charge is 0.227 e. The summed E-state index contributed by atoms with van der Waals surface area (Å²) in [7, 11) is 0. The van der Waals surface area contributed by atoms with Crippen LogP contribution in [0, 0.1) is 5.41 Å². The first-order valence-electron chi connectivity index (χ1n) is 6.27. The molecule has 2 N–H and O–H groups in total. The van der Waals surface area contributed by atoms with E-state index in [1.807, 2.05) is 6.07 Å². The zero-order valence-corrected chi connectivity index (χ0v) is 10.3. The Bertz CT molecular complexity index is 354. The number of hydrogen-bond donors (Lipinski definition) is 2. The second-order valence-electron chi connectivity index (χ2n) is 4.77. The van der Waals surface area contributed by atoms with E-state index < -0.39 is 0 Å². The number of rotatable bonds is 5. The third-order valence-electron chi connectivity index (χ3n) is 3.49. The van der Waals surface area contributed by atoms with Crippen molar-refractivity contribution in [2.24, 2.45) is 5.41 Å². The highest BCUT2D eigenvalue weighted by Crippen LogP contribution is 2.31. The Morgan fingerprint density at radius 2 is 2.53 bits per heavy atom. The van der Waals surface area contributed by atoms with E-state index in [1.165, 1.54) is 0 Å². The molecule has 1 fully saturated rings. The summed E-state index contributed by atoms with van der Waals surface area (Å²) in [4.78, 5) is 12.3. The van der Waals surface area contributed by atoms with Crippen LogP contribution in [0.5, 0.6) is 0 Å². The van der Waals surface area contributed by atoms with Crippen LogP contribution in [-0.4, -0.2) is 19.0 Å². The zero-order valence-electron chi connectivity index (χ0n) is 10.3. The molecule has 1 amide bonds. The van der Waals surface area contributed by atoms with Gasteiger partial charge >= 0.3 is 0 Å². The molecule has 0 aliphatic carbocycles. The predicted octanol–water partition coefficient (Wildman–Crippen LogP) is 1.68. The number of nitrogens with one attached hydrogen (secondary N) is 2. The molecule has 0 aromatic carbocycles. The van der Waals surface area contributed by atoms with Gasteiger partial charge in [-0.2, -0.15) is 0 Å². The lowest BCUT2D eigenvalue weighted by Crippen LogP contribution is -2.42. The van der Waals surface area contributed by atoms with Gasteiger partial charge < -0.3 is 15.1 Å². The summed E-state index contributed by atoms with van der Waals surface area (Å²) >= 11 is 0. The van der Waals surface area contributed by atoms with Crippen LogP contribution >= 0.6 is 0 Å². The Balaban J connectivity index is 1.92. The molecule has 1 saturated heterocycles. The first kappa shape index (κ1) is 12.2. The molecule has 1 unspecified atom stereocenters. The molecule has 2 rings (SSSR count). The van der Waals surface area contributed by atoms with Gasteiger partial charge in [-0.25, -0.2) is 0 Å². The van der Waals surface area contributed by atoms with Crippen LogP contribution in [0.25, 0.3) is 0 Å². The average molecular weight is 236 g/mol. The minimum absolute atomic E-state index is 0.172. The Labute approximate surface area is 102 Å². The minimum Gasteiger partial charge on any atom is -0.472 e. The van der Waals surface area contributed by atoms with Gasteiger partial charge in [-0.3, -0.25) is 4.79 Å². The average Bonchev–Trinajstić information content (AvgIpc) is 2.97. The quantitative estimate of drug-likeness (QED) is 0.817. The molecule has 94 valence electrons. The molecule has 0 bridgehead atoms. The van der Waals surface area contributed by atoms with Crippen molar-refractivity contribution in [2.75, 3.05) is 13.1 Å². The molecule has 17 heavy (non-hydrogen) atoms. The second kappa shape index (κ2) is 5.36. The highest BCUT2D eigenvalue weighted by atomic mass is 16.3. The fourth-order valence-electron chi connectivity index (χ4n) is 2.51. The van der Waals surface area contributed by atoms with Crippen molar-refractivity contribution in [3.8, 4) is 0 Å². The summed E-state index contributed by atoms with van der Waals surface area (Å²) in [5.74, 6) is 0.172. The summed E-state index contributed by atoms with van der Waals surface area (Å²) in [5, 5.41) is 6.31. The molecular weight excluding hydrogens is 216 g/mol. The largest absolute Gasteiger partial charge is 0.472 e. The van der Waals surface area contributed by atoms with Gasteiger partial charge in [0.05, 0.1) is 17.9 Å². The Morgan fingerprint density at radius 3 is 3.12 bits per heavy atom. The molecule has 2 heterocycles. The maximum Gasteiger partial charge on any atom is 0.227 e. The van der Waals surface area contributed by atoms with Crippen LogP contribution in [0.3, 0.4) is 0 Å². The van der Waals surface area contributed by atoms with Gasteiger partial charge in [0.2, 0.25) is 5.91 Å². The van der Waals surface area contributed by atoms with E-state index in [2.05, 4.69) is 17.6 Å². The molecule has 4 heteroatoms. The van der Waals surface area contributed by atoms with Crippen molar-refractivity contribution < 1.29 is 9.21 Å². The van der Waals surface area contributed by atoms with Crippen LogP contribution in [0.4, 0.5) is 0 Å². The van der Waals surface area contributed by atoms with Gasteiger partial charge in [-0.1, -0.05) is 13.3 Å². The Morgan fingerprint density at radius 1 is 1.65 bits per heavy atom. The maximum absolute atomic E-state index is 12.3. The highest BCUT2D eigenvalue weighted by Gasteiger charge is 2.39. The Kier molecular flexibility index (Phi) is 3.84. The molecular formula is C13H20N2O2. The van der Waals surface area contributed by atoms with Crippen LogP contribution in [0.1, 0.15) is 31.7 Å². The molecule has 1 atom stereocenters. The third-order valence-corrected chi connectivity index (χ3v) is 3.49. The summed E-state index contributed by atoms with van der Waals surface area (Å²) in [5.41, 5.74) is 0.814. The van der Waals surface area contributed by atoms with Gasteiger partial charge in [0.15, 0.2) is 0 Å². The normalized spacial score (nSPS) is 23.8. The number of furan rings is 1. The van der Waals surface area contributed by atoms with Gasteiger partial charge in [0, 0.05) is 18.7 Å². The monoisotopic (exact) mass is 236 g/mol. The van der Waals surface area contributed by atoms with Crippen molar-refractivity contribution in [2.45, 2.75) is 32.7 Å². The van der Waals surface area contributed by atoms with Crippen LogP contribution in [0.2, 0.25) is 0 Å². The molecule has 0 saturated carbocycles. The summed E-state index contributed by atoms with van der Waals surface area (Å²) < 4.78 is 4.98. The summed E-state index contributed by atoms with van der Waals surface area (Å²) in [6.07, 6.45) is 6.23. The summed E-state index contributed by atoms with van der Waals surface area (Å²) in [6.45, 7) is 4.43. The topological polar surface area (TPSA) is 54.3 Å². The maximum atomic E-state index is 12.3. The standard InChI is InChI=1S/C13H20N2O2/c1-2-4-13(5-6-14-10-13)12(16)15-8-11-3-7-17-9-11/h3,7,9,14H,2,4-6,8,10H2,1H3,(H,15,16). The minimum atomic E-state index is -0.196. The van der Waals surface area contributed by atoms with E-state index >= 15 is 0 Å². The number of carbonyl (C=O) groups is 1. The van der Waals surface area contributed by atoms with Crippen molar-refractivity contribution in [1.29, 1.82) is 0 Å². The van der Waals surface area contributed by atoms with Crippen molar-refractivity contribution in [3.05, 3.63) is 24.2 Å². The third kappa shape index (κ3) is 2.69. The van der Waals surface area contributed by atoms with Gasteiger partial charge in [0.25, 0.3) is 0 Å². The molecule has 0 radical (unpaired) electrons. The zero-order chi connectivity index (χ0) is 12.1. The van der Waals surface area contributed by atoms with Crippen LogP contribution in [0.15, 0.2) is 23.0 Å². The highest BCUT2D eigenvalue weighted by molar-refractivity contribution is 5.83. The molecule has 1 aromatic rings. The van der Waals surface area contributed by atoms with E-state index in [4.69, 9.17) is 4.42 Å². The number of amides is 1. The van der Waals surface area contributed by atoms with Crippen molar-refractivity contribution in [1.82, 2.24) is 10.6 Å². The first-order chi connectivity index (χ1) is 8.27. The second-order valence-corrected chi connectivity index (χ2v) is 4.77. The van der Waals surface area contributed by atoms with Gasteiger partial charge in [0.1, 0.15) is 0 Å². The lowest BCUT2D eigenvalue weighted by molar-refractivity contribution is -0.130. The molecule has 4 nitrogen and oxygen atoms in total. The first-order valence-corrected chi connectivity index (χ1v) is 6.27.